The highest BCUT2D eigenvalue weighted by Gasteiger charge is 2.32. The minimum absolute atomic E-state index is 0.0589. The predicted octanol–water partition coefficient (Wildman–Crippen LogP) is 2.92. The highest BCUT2D eigenvalue weighted by molar-refractivity contribution is 5.97. The molecule has 0 aromatic heterocycles. The fourth-order valence-electron chi connectivity index (χ4n) is 2.99. The Morgan fingerprint density at radius 1 is 1.25 bits per heavy atom. The van der Waals surface area contributed by atoms with E-state index in [9.17, 15) is 18.8 Å². The summed E-state index contributed by atoms with van der Waals surface area (Å²) in [6, 6.07) is 11.4. The number of carbonyl (C=O) groups is 3. The fourth-order valence-corrected chi connectivity index (χ4v) is 2.99. The lowest BCUT2D eigenvalue weighted by Crippen LogP contribution is -2.50. The van der Waals surface area contributed by atoms with Crippen LogP contribution in [0.5, 0.6) is 0 Å². The number of halogens is 1. The minimum Gasteiger partial charge on any atom is -0.349 e. The Labute approximate surface area is 162 Å². The topological polar surface area (TPSA) is 78.5 Å². The van der Waals surface area contributed by atoms with Crippen molar-refractivity contribution in [3.05, 3.63) is 83.7 Å². The van der Waals surface area contributed by atoms with Gasteiger partial charge in [-0.1, -0.05) is 30.3 Å². The first-order valence-corrected chi connectivity index (χ1v) is 8.82. The minimum atomic E-state index is -0.521. The van der Waals surface area contributed by atoms with Crippen LogP contribution < -0.4 is 10.6 Å². The standard InChI is InChI=1S/C21H20FN3O3/c1-2-10-23-20(27)16-5-3-4-14(11-16)13-25-19(26)12-18(24-21(25)28)15-6-8-17(22)9-7-15/h2-9,11,18H,1,10,12-13H2,(H,23,27)(H,24,28). The SMILES string of the molecule is C=CCNC(=O)c1cccc(CN2C(=O)CC(c3ccc(F)cc3)NC2=O)c1. The molecule has 1 aliphatic rings. The van der Waals surface area contributed by atoms with Crippen LogP contribution in [0, 0.1) is 5.82 Å². The lowest BCUT2D eigenvalue weighted by molar-refractivity contribution is -0.130. The number of hydrogen-bond acceptors (Lipinski definition) is 3. The second-order valence-electron chi connectivity index (χ2n) is 6.44. The number of nitrogens with one attached hydrogen (secondary N) is 2. The third kappa shape index (κ3) is 4.43. The van der Waals surface area contributed by atoms with Gasteiger partial charge in [0.15, 0.2) is 0 Å². The van der Waals surface area contributed by atoms with Crippen molar-refractivity contribution >= 4 is 17.8 Å². The van der Waals surface area contributed by atoms with Crippen LogP contribution in [0.1, 0.15) is 33.9 Å². The smallest absolute Gasteiger partial charge is 0.324 e. The molecule has 0 aliphatic carbocycles. The number of imide groups is 1. The van der Waals surface area contributed by atoms with Crippen molar-refractivity contribution in [3.8, 4) is 0 Å². The summed E-state index contributed by atoms with van der Waals surface area (Å²) in [5.41, 5.74) is 1.77. The molecule has 1 aliphatic heterocycles. The lowest BCUT2D eigenvalue weighted by atomic mass is 10.0. The molecule has 2 aromatic rings. The van der Waals surface area contributed by atoms with Crippen molar-refractivity contribution in [3.63, 3.8) is 0 Å². The maximum absolute atomic E-state index is 13.1. The molecule has 1 atom stereocenters. The molecule has 144 valence electrons. The Kier molecular flexibility index (Phi) is 5.84. The Balaban J connectivity index is 1.69. The van der Waals surface area contributed by atoms with Crippen molar-refractivity contribution in [2.45, 2.75) is 19.0 Å². The molecule has 4 amide bonds. The first-order valence-electron chi connectivity index (χ1n) is 8.82. The zero-order valence-corrected chi connectivity index (χ0v) is 15.2. The highest BCUT2D eigenvalue weighted by Crippen LogP contribution is 2.24. The quantitative estimate of drug-likeness (QED) is 0.755. The number of nitrogens with zero attached hydrogens (tertiary/aromatic N) is 1. The normalized spacial score (nSPS) is 16.5. The molecule has 28 heavy (non-hydrogen) atoms. The van der Waals surface area contributed by atoms with Gasteiger partial charge in [0.2, 0.25) is 5.91 Å². The number of hydrogen-bond donors (Lipinski definition) is 2. The van der Waals surface area contributed by atoms with Gasteiger partial charge in [-0.3, -0.25) is 14.5 Å². The summed E-state index contributed by atoms with van der Waals surface area (Å²) in [4.78, 5) is 38.1. The van der Waals surface area contributed by atoms with E-state index in [-0.39, 0.29) is 30.6 Å². The maximum Gasteiger partial charge on any atom is 0.324 e. The summed E-state index contributed by atoms with van der Waals surface area (Å²) in [5, 5.41) is 5.45. The van der Waals surface area contributed by atoms with E-state index in [4.69, 9.17) is 0 Å². The molecule has 0 spiro atoms. The van der Waals surface area contributed by atoms with Crippen LogP contribution >= 0.6 is 0 Å². The van der Waals surface area contributed by atoms with Crippen LogP contribution in [0.15, 0.2) is 61.2 Å². The number of urea groups is 1. The summed E-state index contributed by atoms with van der Waals surface area (Å²) in [6.07, 6.45) is 1.66. The van der Waals surface area contributed by atoms with E-state index < -0.39 is 12.1 Å². The van der Waals surface area contributed by atoms with Gasteiger partial charge in [-0.05, 0) is 35.4 Å². The van der Waals surface area contributed by atoms with E-state index in [0.717, 1.165) is 4.90 Å². The largest absolute Gasteiger partial charge is 0.349 e. The summed E-state index contributed by atoms with van der Waals surface area (Å²) < 4.78 is 13.1. The number of carbonyl (C=O) groups excluding carboxylic acids is 3. The van der Waals surface area contributed by atoms with Crippen molar-refractivity contribution < 1.29 is 18.8 Å². The average Bonchev–Trinajstić information content (AvgIpc) is 2.69. The second-order valence-corrected chi connectivity index (χ2v) is 6.44. The van der Waals surface area contributed by atoms with E-state index in [1.165, 1.54) is 12.1 Å². The molecule has 0 bridgehead atoms. The molecule has 2 N–H and O–H groups in total. The van der Waals surface area contributed by atoms with Gasteiger partial charge in [-0.15, -0.1) is 6.58 Å². The molecule has 1 heterocycles. The highest BCUT2D eigenvalue weighted by atomic mass is 19.1. The molecule has 6 nitrogen and oxygen atoms in total. The van der Waals surface area contributed by atoms with Gasteiger partial charge in [0.1, 0.15) is 5.82 Å². The Bertz CT molecular complexity index is 893. The molecule has 1 fully saturated rings. The monoisotopic (exact) mass is 381 g/mol. The van der Waals surface area contributed by atoms with Crippen LogP contribution in [0.25, 0.3) is 0 Å². The molecule has 0 saturated carbocycles. The van der Waals surface area contributed by atoms with Crippen molar-refractivity contribution in [2.75, 3.05) is 6.54 Å². The lowest BCUT2D eigenvalue weighted by Gasteiger charge is -2.31. The molecule has 0 radical (unpaired) electrons. The van der Waals surface area contributed by atoms with Crippen LogP contribution in [-0.4, -0.2) is 29.3 Å². The first kappa shape index (κ1) is 19.3. The van der Waals surface area contributed by atoms with E-state index in [1.54, 1.807) is 42.5 Å². The van der Waals surface area contributed by atoms with Gasteiger partial charge in [0, 0.05) is 12.1 Å². The van der Waals surface area contributed by atoms with E-state index in [2.05, 4.69) is 17.2 Å². The number of amides is 4. The van der Waals surface area contributed by atoms with Crippen LogP contribution in [-0.2, 0) is 11.3 Å². The van der Waals surface area contributed by atoms with Crippen LogP contribution in [0.3, 0.4) is 0 Å². The molecule has 3 rings (SSSR count). The predicted molar refractivity (Wildman–Crippen MR) is 102 cm³/mol. The number of benzene rings is 2. The van der Waals surface area contributed by atoms with Gasteiger partial charge in [-0.25, -0.2) is 9.18 Å². The van der Waals surface area contributed by atoms with Crippen LogP contribution in [0.2, 0.25) is 0 Å². The fraction of sp³-hybridized carbons (Fsp3) is 0.190. The van der Waals surface area contributed by atoms with Gasteiger partial charge < -0.3 is 10.6 Å². The second kappa shape index (κ2) is 8.47. The molecule has 1 saturated heterocycles. The van der Waals surface area contributed by atoms with Crippen LogP contribution in [0.4, 0.5) is 9.18 Å². The van der Waals surface area contributed by atoms with Gasteiger partial charge >= 0.3 is 6.03 Å². The molecular formula is C21H20FN3O3. The summed E-state index contributed by atoms with van der Waals surface area (Å²) in [5.74, 6) is -0.969. The molecule has 1 unspecified atom stereocenters. The first-order chi connectivity index (χ1) is 13.5. The van der Waals surface area contributed by atoms with E-state index in [1.807, 2.05) is 0 Å². The van der Waals surface area contributed by atoms with Gasteiger partial charge in [0.25, 0.3) is 5.91 Å². The third-order valence-electron chi connectivity index (χ3n) is 4.43. The molecule has 2 aromatic carbocycles. The van der Waals surface area contributed by atoms with E-state index in [0.29, 0.717) is 23.2 Å². The maximum atomic E-state index is 13.1. The third-order valence-corrected chi connectivity index (χ3v) is 4.43. The zero-order valence-electron chi connectivity index (χ0n) is 15.2. The van der Waals surface area contributed by atoms with E-state index >= 15 is 0 Å². The zero-order chi connectivity index (χ0) is 20.1. The molecular weight excluding hydrogens is 361 g/mol. The average molecular weight is 381 g/mol. The summed E-state index contributed by atoms with van der Waals surface area (Å²) in [6.45, 7) is 3.96. The Hall–Kier alpha value is -3.48. The Morgan fingerprint density at radius 2 is 2.00 bits per heavy atom. The summed E-state index contributed by atoms with van der Waals surface area (Å²) >= 11 is 0. The van der Waals surface area contributed by atoms with Gasteiger partial charge in [-0.2, -0.15) is 0 Å². The van der Waals surface area contributed by atoms with Crippen molar-refractivity contribution in [2.24, 2.45) is 0 Å². The van der Waals surface area contributed by atoms with Crippen molar-refractivity contribution in [1.82, 2.24) is 15.5 Å². The van der Waals surface area contributed by atoms with Gasteiger partial charge in [0.05, 0.1) is 19.0 Å². The van der Waals surface area contributed by atoms with Crippen molar-refractivity contribution in [1.29, 1.82) is 0 Å². The summed E-state index contributed by atoms with van der Waals surface area (Å²) in [7, 11) is 0. The molecule has 7 heteroatoms. The Morgan fingerprint density at radius 3 is 2.68 bits per heavy atom. The number of rotatable bonds is 6.